The monoisotopic (exact) mass is 432 g/mol. The molecule has 1 amide bonds. The Morgan fingerprint density at radius 2 is 1.91 bits per heavy atom. The summed E-state index contributed by atoms with van der Waals surface area (Å²) in [6.07, 6.45) is 7.61. The molecule has 3 heterocycles. The van der Waals surface area contributed by atoms with Crippen molar-refractivity contribution < 1.29 is 14.3 Å². The minimum atomic E-state index is -0.0769. The summed E-state index contributed by atoms with van der Waals surface area (Å²) in [5.74, 6) is 2.05. The number of hydrogen-bond acceptors (Lipinski definition) is 6. The third-order valence-corrected chi connectivity index (χ3v) is 5.94. The van der Waals surface area contributed by atoms with Crippen molar-refractivity contribution in [2.24, 2.45) is 0 Å². The van der Waals surface area contributed by atoms with Gasteiger partial charge < -0.3 is 14.4 Å². The van der Waals surface area contributed by atoms with Crippen molar-refractivity contribution >= 4 is 5.91 Å². The maximum absolute atomic E-state index is 13.4. The highest BCUT2D eigenvalue weighted by Crippen LogP contribution is 2.37. The number of rotatable bonds is 6. The van der Waals surface area contributed by atoms with Gasteiger partial charge in [-0.2, -0.15) is 0 Å². The highest BCUT2D eigenvalue weighted by Gasteiger charge is 2.33. The predicted molar refractivity (Wildman–Crippen MR) is 122 cm³/mol. The highest BCUT2D eigenvalue weighted by atomic mass is 16.5. The van der Waals surface area contributed by atoms with Crippen molar-refractivity contribution in [3.63, 3.8) is 0 Å². The minimum absolute atomic E-state index is 0.0769. The molecule has 0 spiro atoms. The quantitative estimate of drug-likeness (QED) is 0.584. The summed E-state index contributed by atoms with van der Waals surface area (Å²) in [5.41, 5.74) is 4.87. The van der Waals surface area contributed by atoms with Crippen LogP contribution in [0.3, 0.4) is 0 Å². The molecule has 2 aromatic heterocycles. The van der Waals surface area contributed by atoms with Crippen LogP contribution in [0.25, 0.3) is 11.1 Å². The van der Waals surface area contributed by atoms with Gasteiger partial charge in [-0.15, -0.1) is 0 Å². The van der Waals surface area contributed by atoms with Crippen LogP contribution in [0.5, 0.6) is 11.5 Å². The summed E-state index contributed by atoms with van der Waals surface area (Å²) < 4.78 is 10.7. The van der Waals surface area contributed by atoms with Gasteiger partial charge in [0.15, 0.2) is 11.5 Å². The van der Waals surface area contributed by atoms with Gasteiger partial charge in [0.1, 0.15) is 5.82 Å². The number of likely N-dealkylation sites (tertiary alicyclic amines) is 1. The Hall–Kier alpha value is -3.48. The van der Waals surface area contributed by atoms with Crippen molar-refractivity contribution in [2.45, 2.75) is 39.2 Å². The van der Waals surface area contributed by atoms with Gasteiger partial charge in [-0.05, 0) is 61.6 Å². The molecule has 3 aromatic rings. The van der Waals surface area contributed by atoms with E-state index in [4.69, 9.17) is 14.5 Å². The van der Waals surface area contributed by atoms with Crippen LogP contribution in [-0.4, -0.2) is 46.5 Å². The summed E-state index contributed by atoms with van der Waals surface area (Å²) in [4.78, 5) is 28.8. The normalized spacial score (nSPS) is 15.6. The van der Waals surface area contributed by atoms with Crippen LogP contribution in [0.15, 0.2) is 42.9 Å². The molecule has 1 fully saturated rings. The van der Waals surface area contributed by atoms with Gasteiger partial charge in [-0.1, -0.05) is 6.07 Å². The van der Waals surface area contributed by atoms with Crippen molar-refractivity contribution in [3.05, 3.63) is 65.5 Å². The van der Waals surface area contributed by atoms with Crippen LogP contribution in [0.4, 0.5) is 0 Å². The lowest BCUT2D eigenvalue weighted by atomic mass is 9.97. The van der Waals surface area contributed by atoms with Gasteiger partial charge in [-0.3, -0.25) is 9.78 Å². The number of carbonyl (C=O) groups is 1. The van der Waals surface area contributed by atoms with Crippen molar-refractivity contribution in [2.75, 3.05) is 20.8 Å². The Kier molecular flexibility index (Phi) is 6.35. The average molecular weight is 433 g/mol. The Morgan fingerprint density at radius 1 is 1.09 bits per heavy atom. The predicted octanol–water partition coefficient (Wildman–Crippen LogP) is 4.08. The van der Waals surface area contributed by atoms with Crippen molar-refractivity contribution in [1.82, 2.24) is 19.9 Å². The zero-order chi connectivity index (χ0) is 22.7. The van der Waals surface area contributed by atoms with Crippen LogP contribution in [0.1, 0.15) is 41.5 Å². The van der Waals surface area contributed by atoms with Crippen molar-refractivity contribution in [1.29, 1.82) is 0 Å². The van der Waals surface area contributed by atoms with E-state index in [1.165, 1.54) is 0 Å². The van der Waals surface area contributed by atoms with E-state index in [-0.39, 0.29) is 11.9 Å². The first-order chi connectivity index (χ1) is 15.5. The molecule has 7 nitrogen and oxygen atoms in total. The van der Waals surface area contributed by atoms with Gasteiger partial charge >= 0.3 is 0 Å². The summed E-state index contributed by atoms with van der Waals surface area (Å²) in [7, 11) is 3.20. The standard InChI is InChI=1S/C25H28N4O3/c1-16-14-26-10-9-19(16)20-15-27-17(2)28-25(20)21-6-5-11-29(21)24(30)13-18-7-8-22(31-3)23(12-18)32-4/h7-10,12,14-15,21H,5-6,11,13H2,1-4H3. The van der Waals surface area contributed by atoms with Gasteiger partial charge in [-0.25, -0.2) is 9.97 Å². The van der Waals surface area contributed by atoms with E-state index >= 15 is 0 Å². The Balaban J connectivity index is 1.64. The summed E-state index contributed by atoms with van der Waals surface area (Å²) >= 11 is 0. The van der Waals surface area contributed by atoms with E-state index in [9.17, 15) is 4.79 Å². The fraction of sp³-hybridized carbons (Fsp3) is 0.360. The molecule has 0 N–H and O–H groups in total. The maximum Gasteiger partial charge on any atom is 0.227 e. The fourth-order valence-corrected chi connectivity index (χ4v) is 4.34. The molecule has 1 aliphatic heterocycles. The van der Waals surface area contributed by atoms with E-state index in [0.717, 1.165) is 40.8 Å². The summed E-state index contributed by atoms with van der Waals surface area (Å²) in [6, 6.07) is 7.51. The zero-order valence-electron chi connectivity index (χ0n) is 19.0. The van der Waals surface area contributed by atoms with E-state index in [2.05, 4.69) is 9.97 Å². The number of benzene rings is 1. The second-order valence-corrected chi connectivity index (χ2v) is 8.02. The number of nitrogens with zero attached hydrogens (tertiary/aromatic N) is 4. The number of amides is 1. The number of hydrogen-bond donors (Lipinski definition) is 0. The summed E-state index contributed by atoms with van der Waals surface area (Å²) in [5, 5.41) is 0. The number of ether oxygens (including phenoxy) is 2. The molecule has 1 aromatic carbocycles. The lowest BCUT2D eigenvalue weighted by Gasteiger charge is -2.26. The third kappa shape index (κ3) is 4.28. The topological polar surface area (TPSA) is 77.4 Å². The number of aryl methyl sites for hydroxylation is 2. The molecule has 0 radical (unpaired) electrons. The highest BCUT2D eigenvalue weighted by molar-refractivity contribution is 5.80. The lowest BCUT2D eigenvalue weighted by molar-refractivity contribution is -0.131. The Morgan fingerprint density at radius 3 is 2.66 bits per heavy atom. The van der Waals surface area contributed by atoms with E-state index < -0.39 is 0 Å². The van der Waals surface area contributed by atoms with E-state index in [1.807, 2.05) is 55.4 Å². The number of carbonyl (C=O) groups excluding carboxylic acids is 1. The van der Waals surface area contributed by atoms with Gasteiger partial charge in [0.2, 0.25) is 5.91 Å². The number of methoxy groups -OCH3 is 2. The minimum Gasteiger partial charge on any atom is -0.493 e. The molecular formula is C25H28N4O3. The molecule has 32 heavy (non-hydrogen) atoms. The molecule has 0 bridgehead atoms. The number of pyridine rings is 1. The smallest absolute Gasteiger partial charge is 0.227 e. The SMILES string of the molecule is COc1ccc(CC(=O)N2CCCC2c2nc(C)ncc2-c2ccncc2C)cc1OC. The lowest BCUT2D eigenvalue weighted by Crippen LogP contribution is -2.32. The molecule has 166 valence electrons. The molecule has 0 aliphatic carbocycles. The van der Waals surface area contributed by atoms with Crippen LogP contribution in [0.2, 0.25) is 0 Å². The zero-order valence-corrected chi connectivity index (χ0v) is 19.0. The summed E-state index contributed by atoms with van der Waals surface area (Å²) in [6.45, 7) is 4.63. The largest absolute Gasteiger partial charge is 0.493 e. The Labute approximate surface area is 188 Å². The first-order valence-corrected chi connectivity index (χ1v) is 10.8. The molecule has 1 aliphatic rings. The first-order valence-electron chi connectivity index (χ1n) is 10.8. The molecule has 7 heteroatoms. The second kappa shape index (κ2) is 9.34. The van der Waals surface area contributed by atoms with E-state index in [0.29, 0.717) is 30.3 Å². The fourth-order valence-electron chi connectivity index (χ4n) is 4.34. The van der Waals surface area contributed by atoms with Crippen LogP contribution < -0.4 is 9.47 Å². The number of aromatic nitrogens is 3. The average Bonchev–Trinajstić information content (AvgIpc) is 3.29. The Bertz CT molecular complexity index is 1130. The second-order valence-electron chi connectivity index (χ2n) is 8.02. The van der Waals surface area contributed by atoms with Gasteiger partial charge in [0, 0.05) is 30.7 Å². The maximum atomic E-state index is 13.4. The van der Waals surface area contributed by atoms with Crippen LogP contribution in [0, 0.1) is 13.8 Å². The molecule has 1 unspecified atom stereocenters. The van der Waals surface area contributed by atoms with Crippen LogP contribution in [-0.2, 0) is 11.2 Å². The van der Waals surface area contributed by atoms with Gasteiger partial charge in [0.05, 0.1) is 32.4 Å². The third-order valence-electron chi connectivity index (χ3n) is 5.94. The molecule has 4 rings (SSSR count). The molecule has 1 atom stereocenters. The molecule has 1 saturated heterocycles. The van der Waals surface area contributed by atoms with Gasteiger partial charge in [0.25, 0.3) is 0 Å². The van der Waals surface area contributed by atoms with Crippen LogP contribution >= 0.6 is 0 Å². The molecular weight excluding hydrogens is 404 g/mol. The first kappa shape index (κ1) is 21.7. The molecule has 0 saturated carbocycles. The van der Waals surface area contributed by atoms with Crippen molar-refractivity contribution in [3.8, 4) is 22.6 Å². The van der Waals surface area contributed by atoms with E-state index in [1.54, 1.807) is 20.4 Å².